The van der Waals surface area contributed by atoms with Crippen molar-refractivity contribution in [2.24, 2.45) is 5.41 Å². The molecule has 3 rings (SSSR count). The standard InChI is InChI=1S/C20H22O2/c1-13-11-20(2,3)12-19(22)16(13)10-17-15-7-5-4-6-14(15)8-9-18(17)21/h5,7-10,21H,1,4,6,11-12H2,2-3H3/b16-10-. The highest BCUT2D eigenvalue weighted by molar-refractivity contribution is 6.05. The Kier molecular flexibility index (Phi) is 3.56. The van der Waals surface area contributed by atoms with Crippen LogP contribution < -0.4 is 0 Å². The predicted octanol–water partition coefficient (Wildman–Crippen LogP) is 4.68. The Morgan fingerprint density at radius 1 is 1.27 bits per heavy atom. The molecule has 0 heterocycles. The Hall–Kier alpha value is -2.09. The van der Waals surface area contributed by atoms with Gasteiger partial charge in [-0.3, -0.25) is 4.79 Å². The van der Waals surface area contributed by atoms with Gasteiger partial charge in [-0.2, -0.15) is 0 Å². The van der Waals surface area contributed by atoms with E-state index in [1.54, 1.807) is 6.07 Å². The molecule has 0 aliphatic heterocycles. The third-order valence-electron chi connectivity index (χ3n) is 4.52. The number of phenolic OH excluding ortho intramolecular Hbond substituents is 1. The van der Waals surface area contributed by atoms with Crippen molar-refractivity contribution in [1.82, 2.24) is 0 Å². The highest BCUT2D eigenvalue weighted by atomic mass is 16.3. The van der Waals surface area contributed by atoms with E-state index in [2.05, 4.69) is 26.5 Å². The lowest BCUT2D eigenvalue weighted by atomic mass is 9.72. The number of aryl methyl sites for hydroxylation is 1. The minimum absolute atomic E-state index is 0.0242. The summed E-state index contributed by atoms with van der Waals surface area (Å²) in [7, 11) is 0. The largest absolute Gasteiger partial charge is 0.507 e. The number of hydrogen-bond donors (Lipinski definition) is 1. The molecular formula is C20H22O2. The molecule has 2 nitrogen and oxygen atoms in total. The molecule has 1 saturated carbocycles. The molecule has 1 aromatic rings. The lowest BCUT2D eigenvalue weighted by Crippen LogP contribution is -2.25. The summed E-state index contributed by atoms with van der Waals surface area (Å²) in [5.74, 6) is 0.348. The molecule has 22 heavy (non-hydrogen) atoms. The monoisotopic (exact) mass is 294 g/mol. The Morgan fingerprint density at radius 3 is 2.77 bits per heavy atom. The lowest BCUT2D eigenvalue weighted by Gasteiger charge is -2.31. The van der Waals surface area contributed by atoms with E-state index in [-0.39, 0.29) is 16.9 Å². The fourth-order valence-corrected chi connectivity index (χ4v) is 3.47. The zero-order valence-electron chi connectivity index (χ0n) is 13.3. The van der Waals surface area contributed by atoms with Crippen molar-refractivity contribution in [3.05, 3.63) is 52.6 Å². The molecule has 0 spiro atoms. The average Bonchev–Trinajstić information content (AvgIpc) is 2.43. The summed E-state index contributed by atoms with van der Waals surface area (Å²) >= 11 is 0. The molecule has 0 radical (unpaired) electrons. The van der Waals surface area contributed by atoms with Crippen molar-refractivity contribution in [1.29, 1.82) is 0 Å². The molecule has 0 unspecified atom stereocenters. The van der Waals surface area contributed by atoms with Crippen LogP contribution in [0.3, 0.4) is 0 Å². The van der Waals surface area contributed by atoms with E-state index in [4.69, 9.17) is 0 Å². The normalized spacial score (nSPS) is 22.0. The van der Waals surface area contributed by atoms with E-state index < -0.39 is 0 Å². The maximum atomic E-state index is 12.5. The van der Waals surface area contributed by atoms with Gasteiger partial charge in [-0.1, -0.05) is 38.6 Å². The Labute approximate surface area is 131 Å². The smallest absolute Gasteiger partial charge is 0.163 e. The number of Topliss-reactive ketones (excluding diaryl/α,β-unsaturated/α-hetero) is 1. The third kappa shape index (κ3) is 2.66. The van der Waals surface area contributed by atoms with Gasteiger partial charge in [0.15, 0.2) is 5.78 Å². The highest BCUT2D eigenvalue weighted by Crippen LogP contribution is 2.40. The van der Waals surface area contributed by atoms with Gasteiger partial charge in [0.05, 0.1) is 0 Å². The molecule has 0 bridgehead atoms. The van der Waals surface area contributed by atoms with Crippen molar-refractivity contribution < 1.29 is 9.90 Å². The van der Waals surface area contributed by atoms with Crippen molar-refractivity contribution >= 4 is 17.9 Å². The second-order valence-corrected chi connectivity index (χ2v) is 7.11. The number of phenols is 1. The highest BCUT2D eigenvalue weighted by Gasteiger charge is 2.32. The topological polar surface area (TPSA) is 37.3 Å². The fourth-order valence-electron chi connectivity index (χ4n) is 3.47. The summed E-state index contributed by atoms with van der Waals surface area (Å²) in [5, 5.41) is 10.3. The van der Waals surface area contributed by atoms with E-state index >= 15 is 0 Å². The van der Waals surface area contributed by atoms with E-state index in [1.165, 1.54) is 5.56 Å². The number of ketones is 1. The van der Waals surface area contributed by atoms with E-state index in [0.29, 0.717) is 12.0 Å². The van der Waals surface area contributed by atoms with E-state index in [9.17, 15) is 9.90 Å². The summed E-state index contributed by atoms with van der Waals surface area (Å²) in [6.45, 7) is 8.28. The minimum atomic E-state index is -0.0242. The summed E-state index contributed by atoms with van der Waals surface area (Å²) in [4.78, 5) is 12.5. The van der Waals surface area contributed by atoms with Gasteiger partial charge in [0.1, 0.15) is 5.75 Å². The van der Waals surface area contributed by atoms with Crippen molar-refractivity contribution in [3.63, 3.8) is 0 Å². The van der Waals surface area contributed by atoms with Gasteiger partial charge in [0.25, 0.3) is 0 Å². The van der Waals surface area contributed by atoms with Crippen LogP contribution in [0.15, 0.2) is 35.9 Å². The summed E-state index contributed by atoms with van der Waals surface area (Å²) in [6.07, 6.45) is 9.34. The quantitative estimate of drug-likeness (QED) is 0.764. The molecule has 0 aromatic heterocycles. The third-order valence-corrected chi connectivity index (χ3v) is 4.52. The first kappa shape index (κ1) is 14.8. The van der Waals surface area contributed by atoms with Crippen LogP contribution in [-0.2, 0) is 11.2 Å². The molecule has 1 fully saturated rings. The molecule has 1 aromatic carbocycles. The van der Waals surface area contributed by atoms with Crippen LogP contribution >= 0.6 is 0 Å². The van der Waals surface area contributed by atoms with Gasteiger partial charge in [0.2, 0.25) is 0 Å². The van der Waals surface area contributed by atoms with Crippen LogP contribution in [0.25, 0.3) is 12.2 Å². The van der Waals surface area contributed by atoms with Gasteiger partial charge in [0, 0.05) is 17.6 Å². The average molecular weight is 294 g/mol. The number of benzene rings is 1. The van der Waals surface area contributed by atoms with Crippen molar-refractivity contribution in [2.75, 3.05) is 0 Å². The Balaban J connectivity index is 2.08. The zero-order valence-corrected chi connectivity index (χ0v) is 13.3. The first-order chi connectivity index (χ1) is 10.4. The molecule has 0 amide bonds. The van der Waals surface area contributed by atoms with Crippen molar-refractivity contribution in [2.45, 2.75) is 39.5 Å². The van der Waals surface area contributed by atoms with Crippen LogP contribution in [0, 0.1) is 5.41 Å². The van der Waals surface area contributed by atoms with Crippen LogP contribution in [0.1, 0.15) is 49.8 Å². The maximum absolute atomic E-state index is 12.5. The van der Waals surface area contributed by atoms with Crippen molar-refractivity contribution in [3.8, 4) is 5.75 Å². The summed E-state index contributed by atoms with van der Waals surface area (Å²) in [5.41, 5.74) is 4.52. The maximum Gasteiger partial charge on any atom is 0.163 e. The predicted molar refractivity (Wildman–Crippen MR) is 90.6 cm³/mol. The first-order valence-electron chi connectivity index (χ1n) is 7.82. The van der Waals surface area contributed by atoms with E-state index in [0.717, 1.165) is 36.0 Å². The molecule has 0 atom stereocenters. The van der Waals surface area contributed by atoms with E-state index in [1.807, 2.05) is 18.2 Å². The van der Waals surface area contributed by atoms with Crippen LogP contribution in [0.2, 0.25) is 0 Å². The molecular weight excluding hydrogens is 272 g/mol. The minimum Gasteiger partial charge on any atom is -0.507 e. The fraction of sp³-hybridized carbons (Fsp3) is 0.350. The van der Waals surface area contributed by atoms with Crippen LogP contribution in [-0.4, -0.2) is 10.9 Å². The second-order valence-electron chi connectivity index (χ2n) is 7.11. The molecule has 2 heteroatoms. The molecule has 0 saturated heterocycles. The Bertz CT molecular complexity index is 695. The summed E-state index contributed by atoms with van der Waals surface area (Å²) < 4.78 is 0. The number of rotatable bonds is 1. The lowest BCUT2D eigenvalue weighted by molar-refractivity contribution is -0.117. The SMILES string of the molecule is C=C1CC(C)(C)CC(=O)/C1=C\c1c(O)ccc2c1C=CCC2. The van der Waals surface area contributed by atoms with Gasteiger partial charge in [-0.05, 0) is 53.5 Å². The number of carbonyl (C=O) groups is 1. The van der Waals surface area contributed by atoms with Gasteiger partial charge < -0.3 is 5.11 Å². The number of allylic oxidation sites excluding steroid dienone is 3. The van der Waals surface area contributed by atoms with Gasteiger partial charge in [-0.15, -0.1) is 0 Å². The number of carbonyl (C=O) groups excluding carboxylic acids is 1. The number of hydrogen-bond acceptors (Lipinski definition) is 2. The molecule has 114 valence electrons. The van der Waals surface area contributed by atoms with Crippen LogP contribution in [0.4, 0.5) is 0 Å². The molecule has 2 aliphatic carbocycles. The number of fused-ring (bicyclic) bond motifs is 1. The molecule has 2 aliphatic rings. The molecule has 1 N–H and O–H groups in total. The van der Waals surface area contributed by atoms with Gasteiger partial charge >= 0.3 is 0 Å². The Morgan fingerprint density at radius 2 is 2.05 bits per heavy atom. The summed E-state index contributed by atoms with van der Waals surface area (Å²) in [6, 6.07) is 3.70. The second kappa shape index (κ2) is 5.28. The van der Waals surface area contributed by atoms with Crippen LogP contribution in [0.5, 0.6) is 5.75 Å². The first-order valence-corrected chi connectivity index (χ1v) is 7.82. The zero-order chi connectivity index (χ0) is 15.9. The van der Waals surface area contributed by atoms with Gasteiger partial charge in [-0.25, -0.2) is 0 Å². The number of aromatic hydroxyl groups is 1.